The Labute approximate surface area is 75.4 Å². The van der Waals surface area contributed by atoms with Crippen LogP contribution in [-0.4, -0.2) is 0 Å². The summed E-state index contributed by atoms with van der Waals surface area (Å²) in [6.07, 6.45) is 0.550. The smallest absolute Gasteiger partial charge is 0.194 e. The van der Waals surface area contributed by atoms with Crippen molar-refractivity contribution in [2.45, 2.75) is 20.3 Å². The summed E-state index contributed by atoms with van der Waals surface area (Å²) in [5.41, 5.74) is 0.492. The maximum Gasteiger partial charge on any atom is 0.194 e. The van der Waals surface area contributed by atoms with Crippen molar-refractivity contribution in [1.29, 1.82) is 0 Å². The molecule has 0 heterocycles. The summed E-state index contributed by atoms with van der Waals surface area (Å²) in [5.74, 6) is -3.33. The molecule has 0 saturated heterocycles. The van der Waals surface area contributed by atoms with Crippen LogP contribution in [0.1, 0.15) is 19.4 Å². The lowest BCUT2D eigenvalue weighted by Crippen LogP contribution is -1.98. The van der Waals surface area contributed by atoms with E-state index in [-0.39, 0.29) is 0 Å². The minimum Gasteiger partial charge on any atom is -0.204 e. The van der Waals surface area contributed by atoms with Crippen molar-refractivity contribution in [2.24, 2.45) is 5.92 Å². The zero-order valence-corrected chi connectivity index (χ0v) is 7.57. The van der Waals surface area contributed by atoms with Crippen LogP contribution in [0.15, 0.2) is 12.1 Å². The molecule has 1 aromatic carbocycles. The summed E-state index contributed by atoms with van der Waals surface area (Å²) in [7, 11) is 0. The van der Waals surface area contributed by atoms with E-state index in [0.29, 0.717) is 17.9 Å². The quantitative estimate of drug-likeness (QED) is 0.624. The standard InChI is InChI=1S/C10H11F3/c1-6(2)3-7-4-8(11)10(13)9(12)5-7/h4-6H,3H2,1-2H3. The summed E-state index contributed by atoms with van der Waals surface area (Å²) >= 11 is 0. The van der Waals surface area contributed by atoms with Gasteiger partial charge in [-0.3, -0.25) is 0 Å². The van der Waals surface area contributed by atoms with E-state index in [1.807, 2.05) is 13.8 Å². The second-order valence-electron chi connectivity index (χ2n) is 3.47. The molecule has 0 N–H and O–H groups in total. The number of rotatable bonds is 2. The first-order valence-corrected chi connectivity index (χ1v) is 4.14. The molecule has 72 valence electrons. The Balaban J connectivity index is 2.99. The minimum atomic E-state index is -1.40. The van der Waals surface area contributed by atoms with E-state index in [1.54, 1.807) is 0 Å². The Hall–Kier alpha value is -0.990. The molecule has 0 amide bonds. The predicted molar refractivity (Wildman–Crippen MR) is 44.9 cm³/mol. The highest BCUT2D eigenvalue weighted by molar-refractivity contribution is 5.19. The molecular formula is C10H11F3. The molecule has 1 rings (SSSR count). The molecule has 0 fully saturated rings. The largest absolute Gasteiger partial charge is 0.204 e. The fourth-order valence-corrected chi connectivity index (χ4v) is 1.20. The molecule has 1 aromatic rings. The molecule has 0 unspecified atom stereocenters. The van der Waals surface area contributed by atoms with Crippen molar-refractivity contribution >= 4 is 0 Å². The van der Waals surface area contributed by atoms with Crippen molar-refractivity contribution < 1.29 is 13.2 Å². The number of benzene rings is 1. The second kappa shape index (κ2) is 3.81. The Morgan fingerprint density at radius 3 is 1.92 bits per heavy atom. The van der Waals surface area contributed by atoms with Gasteiger partial charge in [-0.15, -0.1) is 0 Å². The zero-order valence-electron chi connectivity index (χ0n) is 7.57. The maximum atomic E-state index is 12.7. The molecule has 0 spiro atoms. The third-order valence-electron chi connectivity index (χ3n) is 1.69. The highest BCUT2D eigenvalue weighted by Gasteiger charge is 2.10. The van der Waals surface area contributed by atoms with Crippen LogP contribution in [0, 0.1) is 23.4 Å². The van der Waals surface area contributed by atoms with Gasteiger partial charge in [0, 0.05) is 0 Å². The van der Waals surface area contributed by atoms with Crippen LogP contribution in [0.2, 0.25) is 0 Å². The van der Waals surface area contributed by atoms with Gasteiger partial charge in [-0.2, -0.15) is 0 Å². The molecule has 13 heavy (non-hydrogen) atoms. The molecule has 0 bridgehead atoms. The lowest BCUT2D eigenvalue weighted by Gasteiger charge is -2.05. The number of hydrogen-bond acceptors (Lipinski definition) is 0. The Morgan fingerprint density at radius 2 is 1.54 bits per heavy atom. The van der Waals surface area contributed by atoms with Crippen molar-refractivity contribution in [2.75, 3.05) is 0 Å². The molecule has 0 aromatic heterocycles. The number of hydrogen-bond donors (Lipinski definition) is 0. The van der Waals surface area contributed by atoms with Gasteiger partial charge in [-0.25, -0.2) is 13.2 Å². The number of halogens is 3. The molecule has 0 aliphatic rings. The van der Waals surface area contributed by atoms with E-state index >= 15 is 0 Å². The molecule has 3 heteroatoms. The summed E-state index contributed by atoms with van der Waals surface area (Å²) in [4.78, 5) is 0. The topological polar surface area (TPSA) is 0 Å². The van der Waals surface area contributed by atoms with Crippen LogP contribution in [0.3, 0.4) is 0 Å². The van der Waals surface area contributed by atoms with Crippen molar-refractivity contribution in [3.05, 3.63) is 35.1 Å². The van der Waals surface area contributed by atoms with Crippen molar-refractivity contribution in [1.82, 2.24) is 0 Å². The van der Waals surface area contributed by atoms with E-state index < -0.39 is 17.5 Å². The third-order valence-corrected chi connectivity index (χ3v) is 1.69. The average molecular weight is 188 g/mol. The van der Waals surface area contributed by atoms with Crippen LogP contribution in [0.4, 0.5) is 13.2 Å². The first-order valence-electron chi connectivity index (χ1n) is 4.14. The normalized spacial score (nSPS) is 10.9. The lowest BCUT2D eigenvalue weighted by atomic mass is 10.0. The maximum absolute atomic E-state index is 12.7. The fraction of sp³-hybridized carbons (Fsp3) is 0.400. The van der Waals surface area contributed by atoms with Crippen LogP contribution < -0.4 is 0 Å². The van der Waals surface area contributed by atoms with Crippen LogP contribution >= 0.6 is 0 Å². The summed E-state index contributed by atoms with van der Waals surface area (Å²) in [6.45, 7) is 3.86. The second-order valence-corrected chi connectivity index (χ2v) is 3.47. The van der Waals surface area contributed by atoms with E-state index in [2.05, 4.69) is 0 Å². The van der Waals surface area contributed by atoms with Gasteiger partial charge < -0.3 is 0 Å². The van der Waals surface area contributed by atoms with Crippen LogP contribution in [-0.2, 0) is 6.42 Å². The Bertz CT molecular complexity index is 282. The fourth-order valence-electron chi connectivity index (χ4n) is 1.20. The molecule has 0 nitrogen and oxygen atoms in total. The van der Waals surface area contributed by atoms with E-state index in [1.165, 1.54) is 0 Å². The SMILES string of the molecule is CC(C)Cc1cc(F)c(F)c(F)c1. The monoisotopic (exact) mass is 188 g/mol. The van der Waals surface area contributed by atoms with Gasteiger partial charge in [0.05, 0.1) is 0 Å². The lowest BCUT2D eigenvalue weighted by molar-refractivity contribution is 0.444. The highest BCUT2D eigenvalue weighted by atomic mass is 19.2. The first kappa shape index (κ1) is 10.1. The minimum absolute atomic E-state index is 0.296. The van der Waals surface area contributed by atoms with Crippen LogP contribution in [0.25, 0.3) is 0 Å². The molecule has 0 radical (unpaired) electrons. The van der Waals surface area contributed by atoms with Gasteiger partial charge in [0.15, 0.2) is 17.5 Å². The zero-order chi connectivity index (χ0) is 10.0. The highest BCUT2D eigenvalue weighted by Crippen LogP contribution is 2.16. The molecule has 0 aliphatic carbocycles. The molecule has 0 aliphatic heterocycles. The summed E-state index contributed by atoms with van der Waals surface area (Å²) in [6, 6.07) is 2.08. The summed E-state index contributed by atoms with van der Waals surface area (Å²) < 4.78 is 37.8. The van der Waals surface area contributed by atoms with Gasteiger partial charge in [-0.05, 0) is 30.0 Å². The predicted octanol–water partition coefficient (Wildman–Crippen LogP) is 3.30. The van der Waals surface area contributed by atoms with E-state index in [0.717, 1.165) is 12.1 Å². The van der Waals surface area contributed by atoms with Gasteiger partial charge in [0.25, 0.3) is 0 Å². The first-order chi connectivity index (χ1) is 6.00. The molecule has 0 saturated carbocycles. The molecule has 0 atom stereocenters. The average Bonchev–Trinajstić information content (AvgIpc) is 1.98. The Kier molecular flexibility index (Phi) is 2.96. The van der Waals surface area contributed by atoms with Gasteiger partial charge in [0.1, 0.15) is 0 Å². The van der Waals surface area contributed by atoms with E-state index in [9.17, 15) is 13.2 Å². The van der Waals surface area contributed by atoms with Gasteiger partial charge in [-0.1, -0.05) is 13.8 Å². The molecular weight excluding hydrogens is 177 g/mol. The van der Waals surface area contributed by atoms with Crippen molar-refractivity contribution in [3.8, 4) is 0 Å². The van der Waals surface area contributed by atoms with Gasteiger partial charge in [0.2, 0.25) is 0 Å². The van der Waals surface area contributed by atoms with Crippen LogP contribution in [0.5, 0.6) is 0 Å². The third kappa shape index (κ3) is 2.47. The summed E-state index contributed by atoms with van der Waals surface area (Å²) in [5, 5.41) is 0. The van der Waals surface area contributed by atoms with Crippen molar-refractivity contribution in [3.63, 3.8) is 0 Å². The Morgan fingerprint density at radius 1 is 1.08 bits per heavy atom. The van der Waals surface area contributed by atoms with E-state index in [4.69, 9.17) is 0 Å². The van der Waals surface area contributed by atoms with Gasteiger partial charge >= 0.3 is 0 Å².